The first-order valence-corrected chi connectivity index (χ1v) is 2.07. The van der Waals surface area contributed by atoms with Gasteiger partial charge in [0.1, 0.15) is 0 Å². The average molecular weight is 148 g/mol. The summed E-state index contributed by atoms with van der Waals surface area (Å²) in [6.07, 6.45) is 0. The fourth-order valence-corrected chi connectivity index (χ4v) is 0. The van der Waals surface area contributed by atoms with E-state index in [0.717, 1.165) is 0 Å². The molecule has 1 N–H and O–H groups in total. The Balaban J connectivity index is 3.11. The van der Waals surface area contributed by atoms with Crippen molar-refractivity contribution in [2.75, 3.05) is 0 Å². The van der Waals surface area contributed by atoms with Crippen molar-refractivity contribution in [3.8, 4) is 0 Å². The quantitative estimate of drug-likeness (QED) is 0.449. The maximum atomic E-state index is 8.83. The molecule has 0 bridgehead atoms. The molecule has 0 aromatic carbocycles. The standard InChI is InChI=1S/CO.H2O.Rh/c1-2;;/h;1H2;/q;;+1/p-1. The molecule has 3 heteroatoms. The number of hydrogen-bond donors (Lipinski definition) is 1. The van der Waals surface area contributed by atoms with Crippen LogP contribution in [0, 0.1) is 0 Å². The molecule has 0 rings (SSSR count). The molecule has 0 fully saturated rings. The van der Waals surface area contributed by atoms with Gasteiger partial charge in [0.15, 0.2) is 0 Å². The number of carbonyl (C=O) groups excluding carboxylic acids is 1. The van der Waals surface area contributed by atoms with Gasteiger partial charge >= 0.3 is 30.2 Å². The van der Waals surface area contributed by atoms with E-state index in [4.69, 9.17) is 8.73 Å². The third kappa shape index (κ3) is 2.16. The van der Waals surface area contributed by atoms with Crippen LogP contribution < -0.4 is 0 Å². The molecule has 0 aliphatic rings. The molecule has 0 aromatic rings. The van der Waals surface area contributed by atoms with E-state index < -0.39 is 17.0 Å². The van der Waals surface area contributed by atoms with Crippen LogP contribution in [0.15, 0.2) is 0 Å². The molecule has 0 amide bonds. The van der Waals surface area contributed by atoms with Crippen molar-refractivity contribution in [2.24, 2.45) is 0 Å². The van der Waals surface area contributed by atoms with Crippen molar-refractivity contribution in [1.82, 2.24) is 0 Å². The van der Waals surface area contributed by atoms with Crippen LogP contribution in [0.1, 0.15) is 0 Å². The van der Waals surface area contributed by atoms with Crippen LogP contribution in [0.3, 0.4) is 0 Å². The summed E-state index contributed by atoms with van der Waals surface area (Å²) < 4.78 is 8.83. The molecule has 0 unspecified atom stereocenters. The summed E-state index contributed by atoms with van der Waals surface area (Å²) in [7, 11) is 0. The zero-order valence-electron chi connectivity index (χ0n) is 1.69. The van der Waals surface area contributed by atoms with Crippen LogP contribution in [0.25, 0.3) is 0 Å². The molecule has 0 aromatic heterocycles. The maximum absolute atomic E-state index is 8.83. The van der Waals surface area contributed by atoms with Crippen LogP contribution in [0.5, 0.6) is 0 Å². The molecule has 0 radical (unpaired) electrons. The Kier molecular flexibility index (Phi) is 3.29. The van der Waals surface area contributed by atoms with E-state index in [0.29, 0.717) is 0 Å². The summed E-state index contributed by atoms with van der Waals surface area (Å²) in [5.41, 5.74) is 0. The minimum atomic E-state index is -0.937. The number of rotatable bonds is 0. The Labute approximate surface area is 31.0 Å². The van der Waals surface area contributed by atoms with Gasteiger partial charge in [-0.3, -0.25) is 0 Å². The van der Waals surface area contributed by atoms with Gasteiger partial charge in [0.2, 0.25) is 0 Å². The molecule has 26 valence electrons. The van der Waals surface area contributed by atoms with Gasteiger partial charge in [-0.05, 0) is 0 Å². The first-order valence-electron chi connectivity index (χ1n) is 0.520. The second kappa shape index (κ2) is 3.16. The molecular weight excluding hydrogens is 147 g/mol. The predicted molar refractivity (Wildman–Crippen MR) is 7.91 cm³/mol. The molecule has 0 heterocycles. The van der Waals surface area contributed by atoms with E-state index >= 15 is 0 Å². The molecule has 0 aliphatic carbocycles. The van der Waals surface area contributed by atoms with E-state index in [1.54, 1.807) is 0 Å². The zero-order chi connectivity index (χ0) is 3.41. The number of hydrogen-bond acceptors (Lipinski definition) is 2. The summed E-state index contributed by atoms with van der Waals surface area (Å²) in [5.74, 6) is 0. The van der Waals surface area contributed by atoms with Gasteiger partial charge in [-0.2, -0.15) is 0 Å². The first-order chi connectivity index (χ1) is 1.91. The van der Waals surface area contributed by atoms with Crippen LogP contribution in [0.2, 0.25) is 0 Å². The monoisotopic (exact) mass is 148 g/mol. The molecule has 0 saturated carbocycles. The van der Waals surface area contributed by atoms with Gasteiger partial charge in [0.25, 0.3) is 0 Å². The topological polar surface area (TPSA) is 37.3 Å². The van der Waals surface area contributed by atoms with E-state index in [-0.39, 0.29) is 0 Å². The van der Waals surface area contributed by atoms with Gasteiger partial charge in [-0.25, -0.2) is 0 Å². The van der Waals surface area contributed by atoms with Crippen LogP contribution >= 0.6 is 0 Å². The Morgan fingerprint density at radius 2 is 2.25 bits per heavy atom. The van der Waals surface area contributed by atoms with E-state index in [1.807, 2.05) is 0 Å². The summed E-state index contributed by atoms with van der Waals surface area (Å²) >= 11 is -0.937. The van der Waals surface area contributed by atoms with Crippen molar-refractivity contribution in [2.45, 2.75) is 0 Å². The Morgan fingerprint density at radius 1 is 2.00 bits per heavy atom. The Hall–Kier alpha value is 0.163. The van der Waals surface area contributed by atoms with Crippen molar-refractivity contribution in [1.29, 1.82) is 0 Å². The second-order valence-electron chi connectivity index (χ2n) is 0.143. The Morgan fingerprint density at radius 3 is 2.25 bits per heavy atom. The van der Waals surface area contributed by atoms with Gasteiger partial charge in [-0.1, -0.05) is 0 Å². The minimum absolute atomic E-state index is 0.937. The third-order valence-electron chi connectivity index (χ3n) is 0.0304. The fraction of sp³-hybridized carbons (Fsp3) is 0. The summed E-state index contributed by atoms with van der Waals surface area (Å²) in [4.78, 5) is 8.83. The predicted octanol–water partition coefficient (Wildman–Crippen LogP) is -0.957. The summed E-state index contributed by atoms with van der Waals surface area (Å²) in [6.45, 7) is 0. The fourth-order valence-electron chi connectivity index (χ4n) is 0. The second-order valence-corrected chi connectivity index (χ2v) is 0.843. The van der Waals surface area contributed by atoms with Gasteiger partial charge in [-0.15, -0.1) is 0 Å². The molecular formula is CHO2Rh. The van der Waals surface area contributed by atoms with Crippen LogP contribution in [-0.2, 0) is 21.8 Å². The van der Waals surface area contributed by atoms with Crippen molar-refractivity contribution in [3.05, 3.63) is 0 Å². The molecule has 0 spiro atoms. The third-order valence-corrected chi connectivity index (χ3v) is 0.180. The normalized spacial score (nSPS) is 6.25. The van der Waals surface area contributed by atoms with E-state index in [9.17, 15) is 0 Å². The Bertz CT molecular complexity index is 44.0. The van der Waals surface area contributed by atoms with E-state index in [2.05, 4.69) is 0 Å². The van der Waals surface area contributed by atoms with Crippen LogP contribution in [-0.4, -0.2) is 8.41 Å². The van der Waals surface area contributed by atoms with Crippen molar-refractivity contribution < 1.29 is 25.8 Å². The van der Waals surface area contributed by atoms with Crippen molar-refractivity contribution >= 4 is 4.47 Å². The SMILES string of the molecule is O=[C]=[Rh][OH]. The van der Waals surface area contributed by atoms with Crippen molar-refractivity contribution in [3.63, 3.8) is 0 Å². The zero-order valence-corrected chi connectivity index (χ0v) is 3.33. The summed E-state index contributed by atoms with van der Waals surface area (Å²) in [5, 5.41) is 0. The van der Waals surface area contributed by atoms with E-state index in [1.165, 1.54) is 4.47 Å². The summed E-state index contributed by atoms with van der Waals surface area (Å²) in [6, 6.07) is 0. The first kappa shape index (κ1) is 4.16. The van der Waals surface area contributed by atoms with Gasteiger partial charge < -0.3 is 0 Å². The molecule has 0 saturated heterocycles. The van der Waals surface area contributed by atoms with Gasteiger partial charge in [0, 0.05) is 0 Å². The van der Waals surface area contributed by atoms with Crippen LogP contribution in [0.4, 0.5) is 0 Å². The molecule has 0 atom stereocenters. The molecule has 0 aliphatic heterocycles. The average Bonchev–Trinajstić information content (AvgIpc) is 1.37. The molecule has 4 heavy (non-hydrogen) atoms. The van der Waals surface area contributed by atoms with Gasteiger partial charge in [0.05, 0.1) is 0 Å². The molecule has 2 nitrogen and oxygen atoms in total.